The van der Waals surface area contributed by atoms with Crippen LogP contribution in [0.4, 0.5) is 5.69 Å². The molecule has 0 unspecified atom stereocenters. The summed E-state index contributed by atoms with van der Waals surface area (Å²) in [4.78, 5) is 12.1. The summed E-state index contributed by atoms with van der Waals surface area (Å²) in [5.41, 5.74) is 1.11. The fraction of sp³-hybridized carbons (Fsp3) is 0.0667. The van der Waals surface area contributed by atoms with Crippen LogP contribution in [-0.2, 0) is 4.79 Å². The molecule has 0 fully saturated rings. The van der Waals surface area contributed by atoms with Crippen LogP contribution >= 0.6 is 35.0 Å². The minimum absolute atomic E-state index is 0.0846. The number of carbonyl (C=O) groups is 1. The Morgan fingerprint density at radius 3 is 2.72 bits per heavy atom. The molecule has 1 heterocycles. The topological polar surface area (TPSA) is 92.9 Å². The Balaban J connectivity index is 1.66. The predicted molar refractivity (Wildman–Crippen MR) is 96.6 cm³/mol. The lowest BCUT2D eigenvalue weighted by Gasteiger charge is -2.08. The summed E-state index contributed by atoms with van der Waals surface area (Å²) in [7, 11) is 0. The van der Waals surface area contributed by atoms with E-state index in [9.17, 15) is 9.90 Å². The molecule has 1 amide bonds. The standard InChI is InChI=1S/C15H11Cl2N5O2S/c16-9-1-6-12(17)13(7-9)18-14(24)8-25-15-19-20-21-22(15)10-2-4-11(23)5-3-10/h1-7,23H,8H2,(H,18,24). The fourth-order valence-electron chi connectivity index (χ4n) is 1.93. The lowest BCUT2D eigenvalue weighted by atomic mass is 10.3. The molecule has 2 N–H and O–H groups in total. The van der Waals surface area contributed by atoms with Gasteiger partial charge in [0.2, 0.25) is 11.1 Å². The Hall–Kier alpha value is -2.29. The van der Waals surface area contributed by atoms with Gasteiger partial charge in [0.25, 0.3) is 0 Å². The van der Waals surface area contributed by atoms with Crippen LogP contribution in [0.15, 0.2) is 47.6 Å². The Morgan fingerprint density at radius 2 is 1.96 bits per heavy atom. The van der Waals surface area contributed by atoms with Crippen molar-refractivity contribution in [3.63, 3.8) is 0 Å². The summed E-state index contributed by atoms with van der Waals surface area (Å²) in [5.74, 6) is -0.0420. The van der Waals surface area contributed by atoms with Gasteiger partial charge in [-0.2, -0.15) is 4.68 Å². The van der Waals surface area contributed by atoms with Crippen LogP contribution in [0.2, 0.25) is 10.0 Å². The third-order valence-electron chi connectivity index (χ3n) is 3.07. The Kier molecular flexibility index (Phi) is 5.42. The van der Waals surface area contributed by atoms with Gasteiger partial charge in [0.1, 0.15) is 5.75 Å². The number of carbonyl (C=O) groups excluding carboxylic acids is 1. The molecule has 1 aromatic heterocycles. The number of tetrazole rings is 1. The van der Waals surface area contributed by atoms with Crippen molar-refractivity contribution in [1.29, 1.82) is 0 Å². The van der Waals surface area contributed by atoms with E-state index >= 15 is 0 Å². The largest absolute Gasteiger partial charge is 0.508 e. The Bertz CT molecular complexity index is 901. The van der Waals surface area contributed by atoms with E-state index in [0.29, 0.717) is 26.6 Å². The van der Waals surface area contributed by atoms with E-state index in [-0.39, 0.29) is 17.4 Å². The van der Waals surface area contributed by atoms with Gasteiger partial charge in [-0.15, -0.1) is 5.10 Å². The van der Waals surface area contributed by atoms with Crippen LogP contribution in [0.1, 0.15) is 0 Å². The highest BCUT2D eigenvalue weighted by molar-refractivity contribution is 7.99. The molecular weight excluding hydrogens is 385 g/mol. The fourth-order valence-corrected chi connectivity index (χ4v) is 2.96. The molecule has 25 heavy (non-hydrogen) atoms. The maximum Gasteiger partial charge on any atom is 0.234 e. The van der Waals surface area contributed by atoms with Gasteiger partial charge in [0.05, 0.1) is 22.2 Å². The van der Waals surface area contributed by atoms with Gasteiger partial charge < -0.3 is 10.4 Å². The minimum atomic E-state index is -0.269. The second-order valence-electron chi connectivity index (χ2n) is 4.85. The second kappa shape index (κ2) is 7.73. The number of aromatic hydroxyl groups is 1. The molecule has 0 radical (unpaired) electrons. The molecule has 0 spiro atoms. The molecule has 0 saturated heterocycles. The van der Waals surface area contributed by atoms with Crippen molar-refractivity contribution in [1.82, 2.24) is 20.2 Å². The molecule has 0 aliphatic carbocycles. The predicted octanol–water partition coefficient (Wildman–Crippen LogP) is 3.41. The number of benzene rings is 2. The van der Waals surface area contributed by atoms with E-state index < -0.39 is 0 Å². The first kappa shape index (κ1) is 17.5. The van der Waals surface area contributed by atoms with E-state index in [1.165, 1.54) is 28.6 Å². The number of anilines is 1. The van der Waals surface area contributed by atoms with E-state index in [4.69, 9.17) is 23.2 Å². The molecule has 0 atom stereocenters. The summed E-state index contributed by atoms with van der Waals surface area (Å²) in [6, 6.07) is 11.2. The zero-order valence-corrected chi connectivity index (χ0v) is 14.9. The zero-order chi connectivity index (χ0) is 17.8. The van der Waals surface area contributed by atoms with Gasteiger partial charge in [-0.1, -0.05) is 35.0 Å². The van der Waals surface area contributed by atoms with Gasteiger partial charge in [-0.05, 0) is 52.9 Å². The van der Waals surface area contributed by atoms with Crippen molar-refractivity contribution in [2.24, 2.45) is 0 Å². The number of hydrogen-bond acceptors (Lipinski definition) is 6. The van der Waals surface area contributed by atoms with E-state index in [1.807, 2.05) is 0 Å². The molecule has 128 valence electrons. The van der Waals surface area contributed by atoms with Crippen molar-refractivity contribution >= 4 is 46.6 Å². The summed E-state index contributed by atoms with van der Waals surface area (Å²) in [5, 5.41) is 24.8. The molecule has 10 heteroatoms. The first-order valence-electron chi connectivity index (χ1n) is 6.98. The lowest BCUT2D eigenvalue weighted by molar-refractivity contribution is -0.113. The van der Waals surface area contributed by atoms with E-state index in [2.05, 4.69) is 20.8 Å². The third-order valence-corrected chi connectivity index (χ3v) is 4.55. The lowest BCUT2D eigenvalue weighted by Crippen LogP contribution is -2.15. The SMILES string of the molecule is O=C(CSc1nnnn1-c1ccc(O)cc1)Nc1cc(Cl)ccc1Cl. The number of phenolic OH excluding ortho intramolecular Hbond substituents is 1. The van der Waals surface area contributed by atoms with Crippen LogP contribution in [-0.4, -0.2) is 37.0 Å². The molecule has 3 rings (SSSR count). The number of nitrogens with zero attached hydrogens (tertiary/aromatic N) is 4. The Morgan fingerprint density at radius 1 is 1.20 bits per heavy atom. The van der Waals surface area contributed by atoms with Crippen LogP contribution < -0.4 is 5.32 Å². The number of hydrogen-bond donors (Lipinski definition) is 2. The summed E-state index contributed by atoms with van der Waals surface area (Å²) >= 11 is 13.1. The number of thioether (sulfide) groups is 1. The molecule has 0 aliphatic rings. The van der Waals surface area contributed by atoms with E-state index in [0.717, 1.165) is 0 Å². The Labute approximate surface area is 156 Å². The summed E-state index contributed by atoms with van der Waals surface area (Å²) in [6.45, 7) is 0. The van der Waals surface area contributed by atoms with Gasteiger partial charge in [-0.3, -0.25) is 4.79 Å². The number of rotatable bonds is 5. The number of aromatic nitrogens is 4. The highest BCUT2D eigenvalue weighted by atomic mass is 35.5. The van der Waals surface area contributed by atoms with Crippen LogP contribution in [0, 0.1) is 0 Å². The maximum atomic E-state index is 12.1. The molecule has 7 nitrogen and oxygen atoms in total. The van der Waals surface area contributed by atoms with Crippen LogP contribution in [0.5, 0.6) is 5.75 Å². The molecular formula is C15H11Cl2N5O2S. The summed E-state index contributed by atoms with van der Waals surface area (Å²) < 4.78 is 1.48. The van der Waals surface area contributed by atoms with Gasteiger partial charge in [0, 0.05) is 5.02 Å². The average Bonchev–Trinajstić information content (AvgIpc) is 3.05. The number of nitrogens with one attached hydrogen (secondary N) is 1. The minimum Gasteiger partial charge on any atom is -0.508 e. The first-order chi connectivity index (χ1) is 12.0. The average molecular weight is 396 g/mol. The molecule has 3 aromatic rings. The van der Waals surface area contributed by atoms with Crippen molar-refractivity contribution in [2.45, 2.75) is 5.16 Å². The summed E-state index contributed by atoms with van der Waals surface area (Å²) in [6.07, 6.45) is 0. The van der Waals surface area contributed by atoms with Crippen molar-refractivity contribution in [3.05, 3.63) is 52.5 Å². The molecule has 0 bridgehead atoms. The third kappa shape index (κ3) is 4.41. The van der Waals surface area contributed by atoms with Crippen molar-refractivity contribution < 1.29 is 9.90 Å². The molecule has 0 aliphatic heterocycles. The highest BCUT2D eigenvalue weighted by Gasteiger charge is 2.13. The maximum absolute atomic E-state index is 12.1. The zero-order valence-electron chi connectivity index (χ0n) is 12.6. The quantitative estimate of drug-likeness (QED) is 0.642. The molecule has 2 aromatic carbocycles. The van der Waals surface area contributed by atoms with Crippen LogP contribution in [0.25, 0.3) is 5.69 Å². The van der Waals surface area contributed by atoms with Crippen molar-refractivity contribution in [2.75, 3.05) is 11.1 Å². The highest BCUT2D eigenvalue weighted by Crippen LogP contribution is 2.26. The van der Waals surface area contributed by atoms with Gasteiger partial charge in [0.15, 0.2) is 0 Å². The normalized spacial score (nSPS) is 10.6. The van der Waals surface area contributed by atoms with E-state index in [1.54, 1.807) is 30.3 Å². The number of halogens is 2. The number of amides is 1. The van der Waals surface area contributed by atoms with Gasteiger partial charge in [-0.25, -0.2) is 0 Å². The molecule has 0 saturated carbocycles. The van der Waals surface area contributed by atoms with Crippen molar-refractivity contribution in [3.8, 4) is 11.4 Å². The first-order valence-corrected chi connectivity index (χ1v) is 8.72. The van der Waals surface area contributed by atoms with Crippen LogP contribution in [0.3, 0.4) is 0 Å². The smallest absolute Gasteiger partial charge is 0.234 e. The monoisotopic (exact) mass is 395 g/mol. The number of phenols is 1. The second-order valence-corrected chi connectivity index (χ2v) is 6.64. The van der Waals surface area contributed by atoms with Gasteiger partial charge >= 0.3 is 0 Å².